The van der Waals surface area contributed by atoms with Gasteiger partial charge < -0.3 is 18.9 Å². The highest BCUT2D eigenvalue weighted by Gasteiger charge is 2.43. The summed E-state index contributed by atoms with van der Waals surface area (Å²) in [4.78, 5) is 44.9. The van der Waals surface area contributed by atoms with Crippen molar-refractivity contribution in [3.05, 3.63) is 82.5 Å². The Morgan fingerprint density at radius 2 is 1.19 bits per heavy atom. The summed E-state index contributed by atoms with van der Waals surface area (Å²) in [6.45, 7) is 0. The first-order valence-electron chi connectivity index (χ1n) is 11.7. The van der Waals surface area contributed by atoms with Crippen LogP contribution in [0, 0.1) is 0 Å². The lowest BCUT2D eigenvalue weighted by molar-refractivity contribution is 0.0587. The highest BCUT2D eigenvalue weighted by atomic mass is 32.3. The zero-order valence-electron chi connectivity index (χ0n) is 22.8. The third-order valence-electron chi connectivity index (χ3n) is 5.66. The van der Waals surface area contributed by atoms with E-state index in [9.17, 15) is 31.2 Å². The first-order valence-corrected chi connectivity index (χ1v) is 14.6. The Morgan fingerprint density at radius 3 is 1.60 bits per heavy atom. The van der Waals surface area contributed by atoms with E-state index in [1.807, 2.05) is 0 Å². The van der Waals surface area contributed by atoms with Crippen LogP contribution >= 0.6 is 0 Å². The molecule has 19 heteroatoms. The van der Waals surface area contributed by atoms with Crippen molar-refractivity contribution in [3.63, 3.8) is 0 Å². The number of hydrogen-bond donors (Lipinski definition) is 0. The molecule has 0 spiro atoms. The summed E-state index contributed by atoms with van der Waals surface area (Å²) in [5.41, 5.74) is -2.49. The quantitative estimate of drug-likeness (QED) is 0.213. The number of methoxy groups -OCH3 is 4. The number of rotatable bonds is 10. The van der Waals surface area contributed by atoms with Crippen molar-refractivity contribution in [2.24, 2.45) is 0 Å². The summed E-state index contributed by atoms with van der Waals surface area (Å²) >= 11 is 0. The number of ether oxygens (including phenoxy) is 4. The maximum Gasteiger partial charge on any atom is 0.374 e. The predicted molar refractivity (Wildman–Crippen MR) is 145 cm³/mol. The van der Waals surface area contributed by atoms with Crippen molar-refractivity contribution in [1.29, 1.82) is 0 Å². The van der Waals surface area contributed by atoms with Crippen LogP contribution in [-0.4, -0.2) is 81.6 Å². The molecule has 0 saturated carbocycles. The van der Waals surface area contributed by atoms with E-state index in [0.29, 0.717) is 11.0 Å². The Balaban J connectivity index is 2.07. The largest absolute Gasteiger partial charge is 0.481 e. The maximum absolute atomic E-state index is 14.2. The molecule has 0 amide bonds. The van der Waals surface area contributed by atoms with Gasteiger partial charge in [-0.15, -0.1) is 9.78 Å². The lowest BCUT2D eigenvalue weighted by Gasteiger charge is -2.24. The molecule has 43 heavy (non-hydrogen) atoms. The molecular weight excluding hydrogens is 612 g/mol. The summed E-state index contributed by atoms with van der Waals surface area (Å²) in [7, 11) is -6.28. The van der Waals surface area contributed by atoms with Gasteiger partial charge in [0.2, 0.25) is 11.8 Å². The van der Waals surface area contributed by atoms with Crippen LogP contribution in [-0.2, 0) is 29.5 Å². The third-order valence-corrected chi connectivity index (χ3v) is 9.83. The molecule has 4 aromatic rings. The summed E-state index contributed by atoms with van der Waals surface area (Å²) in [5, 5.41) is 3.80. The fourth-order valence-corrected chi connectivity index (χ4v) is 7.61. The first kappa shape index (κ1) is 30.7. The Labute approximate surface area is 243 Å². The summed E-state index contributed by atoms with van der Waals surface area (Å²) in [6.07, 6.45) is 0.564. The lowest BCUT2D eigenvalue weighted by Crippen LogP contribution is -2.50. The van der Waals surface area contributed by atoms with Crippen molar-refractivity contribution in [1.82, 2.24) is 24.4 Å². The summed E-state index contributed by atoms with van der Waals surface area (Å²) in [6, 6.07) is 10.4. The van der Waals surface area contributed by atoms with Crippen LogP contribution in [0.1, 0.15) is 20.7 Å². The Hall–Kier alpha value is -5.30. The van der Waals surface area contributed by atoms with Gasteiger partial charge >= 0.3 is 17.6 Å². The van der Waals surface area contributed by atoms with Crippen molar-refractivity contribution in [2.75, 3.05) is 32.3 Å². The minimum absolute atomic E-state index is 0.0700. The van der Waals surface area contributed by atoms with Crippen LogP contribution in [0.2, 0.25) is 0 Å². The van der Waals surface area contributed by atoms with Gasteiger partial charge in [-0.05, 0) is 24.3 Å². The number of benzene rings is 2. The lowest BCUT2D eigenvalue weighted by atomic mass is 10.2. The van der Waals surface area contributed by atoms with E-state index in [0.717, 1.165) is 38.5 Å². The second kappa shape index (κ2) is 11.9. The second-order valence-corrected chi connectivity index (χ2v) is 11.8. The molecule has 0 aliphatic rings. The van der Waals surface area contributed by atoms with Gasteiger partial charge in [-0.2, -0.15) is 31.5 Å². The van der Waals surface area contributed by atoms with Gasteiger partial charge in [0.15, 0.2) is 0 Å². The molecule has 0 atom stereocenters. The van der Waals surface area contributed by atoms with Gasteiger partial charge in [-0.3, -0.25) is 0 Å². The second-order valence-electron chi connectivity index (χ2n) is 8.09. The van der Waals surface area contributed by atoms with E-state index < -0.39 is 64.5 Å². The molecule has 226 valence electrons. The molecule has 0 aliphatic carbocycles. The first-order chi connectivity index (χ1) is 20.4. The van der Waals surface area contributed by atoms with Gasteiger partial charge in [0, 0.05) is 0 Å². The molecule has 4 rings (SSSR count). The number of esters is 2. The summed E-state index contributed by atoms with van der Waals surface area (Å²) in [5.74, 6) is -2.85. The van der Waals surface area contributed by atoms with E-state index in [2.05, 4.69) is 24.5 Å². The van der Waals surface area contributed by atoms with Crippen molar-refractivity contribution < 1.29 is 45.4 Å². The molecule has 2 aromatic carbocycles. The highest BCUT2D eigenvalue weighted by molar-refractivity contribution is 8.09. The van der Waals surface area contributed by atoms with Gasteiger partial charge in [0.05, 0.1) is 45.6 Å². The number of sulfonamides is 2. The van der Waals surface area contributed by atoms with Gasteiger partial charge in [-0.1, -0.05) is 28.1 Å². The predicted octanol–water partition coefficient (Wildman–Crippen LogP) is 0.130. The molecule has 17 nitrogen and oxygen atoms in total. The molecule has 0 N–H and O–H groups in total. The van der Waals surface area contributed by atoms with E-state index >= 15 is 0 Å². The maximum atomic E-state index is 14.2. The Kier molecular flexibility index (Phi) is 8.48. The monoisotopic (exact) mass is 634 g/mol. The van der Waals surface area contributed by atoms with Gasteiger partial charge in [-0.25, -0.2) is 14.4 Å². The Morgan fingerprint density at radius 1 is 0.744 bits per heavy atom. The molecule has 2 aromatic heterocycles. The highest BCUT2D eigenvalue weighted by Crippen LogP contribution is 2.28. The van der Waals surface area contributed by atoms with Gasteiger partial charge in [0.25, 0.3) is 26.0 Å². The van der Waals surface area contributed by atoms with Crippen LogP contribution in [0.15, 0.2) is 75.5 Å². The normalized spacial score (nSPS) is 11.4. The fourth-order valence-electron chi connectivity index (χ4n) is 3.71. The molecule has 0 aliphatic heterocycles. The molecule has 0 saturated heterocycles. The molecule has 0 radical (unpaired) electrons. The zero-order valence-corrected chi connectivity index (χ0v) is 24.4. The zero-order chi connectivity index (χ0) is 31.5. The number of carbonyl (C=O) groups is 2. The standard InChI is InChI=1S/C24H22N6O11S2/c1-38-19-13-20(39-2)27-23(26-19)29-24(33)28(14-25-29)30(42(34,35)17-11-7-5-9-15(17)21(31)40-3)43(36,37)18-12-8-6-10-16(18)22(32)41-4/h5-14H,1-4H3. The molecule has 2 heterocycles. The number of aromatic nitrogens is 5. The van der Waals surface area contributed by atoms with Crippen LogP contribution in [0.3, 0.4) is 0 Å². The minimum atomic E-state index is -5.40. The van der Waals surface area contributed by atoms with Crippen molar-refractivity contribution in [3.8, 4) is 17.7 Å². The van der Waals surface area contributed by atoms with Crippen LogP contribution in [0.4, 0.5) is 0 Å². The van der Waals surface area contributed by atoms with E-state index in [-0.39, 0.29) is 20.3 Å². The average Bonchev–Trinajstić information content (AvgIpc) is 3.39. The molecule has 0 unspecified atom stereocenters. The SMILES string of the molecule is COC(=O)c1ccccc1S(=O)(=O)N(n1cnn(-c2nc(OC)cc(OC)n2)c1=O)S(=O)(=O)c1ccccc1C(=O)OC. The van der Waals surface area contributed by atoms with Crippen LogP contribution in [0.25, 0.3) is 5.95 Å². The van der Waals surface area contributed by atoms with Crippen molar-refractivity contribution >= 4 is 32.0 Å². The molecule has 0 bridgehead atoms. The van der Waals surface area contributed by atoms with Crippen LogP contribution in [0.5, 0.6) is 11.8 Å². The van der Waals surface area contributed by atoms with E-state index in [4.69, 9.17) is 9.47 Å². The third kappa shape index (κ3) is 5.49. The topological polar surface area (TPSA) is 208 Å². The number of carbonyl (C=O) groups excluding carboxylic acids is 2. The van der Waals surface area contributed by atoms with E-state index in [1.165, 1.54) is 44.6 Å². The number of nitrogens with zero attached hydrogens (tertiary/aromatic N) is 6. The molecule has 0 fully saturated rings. The van der Waals surface area contributed by atoms with Gasteiger partial charge in [0.1, 0.15) is 16.1 Å². The minimum Gasteiger partial charge on any atom is -0.481 e. The molecular formula is C24H22N6O11S2. The Bertz CT molecular complexity index is 1880. The van der Waals surface area contributed by atoms with Crippen molar-refractivity contribution in [2.45, 2.75) is 9.79 Å². The number of hydrogen-bond acceptors (Lipinski definition) is 14. The average molecular weight is 635 g/mol. The smallest absolute Gasteiger partial charge is 0.374 e. The van der Waals surface area contributed by atoms with Crippen LogP contribution < -0.4 is 19.0 Å². The summed E-state index contributed by atoms with van der Waals surface area (Å²) < 4.78 is 76.5. The fraction of sp³-hybridized carbons (Fsp3) is 0.167. The van der Waals surface area contributed by atoms with E-state index in [1.54, 1.807) is 0 Å².